The summed E-state index contributed by atoms with van der Waals surface area (Å²) in [6, 6.07) is 5.75. The van der Waals surface area contributed by atoms with Gasteiger partial charge >= 0.3 is 7.52 Å². The molecule has 192 valence electrons. The van der Waals surface area contributed by atoms with E-state index in [1.165, 1.54) is 34.2 Å². The Balaban J connectivity index is 1.86. The lowest BCUT2D eigenvalue weighted by atomic mass is 9.92. The van der Waals surface area contributed by atoms with Gasteiger partial charge < -0.3 is 15.3 Å². The average Bonchev–Trinajstić information content (AvgIpc) is 3.26. The number of anilines is 2. The first kappa shape index (κ1) is 26.1. The predicted molar refractivity (Wildman–Crippen MR) is 142 cm³/mol. The van der Waals surface area contributed by atoms with E-state index in [1.54, 1.807) is 16.8 Å². The Labute approximate surface area is 212 Å². The third kappa shape index (κ3) is 5.54. The first-order valence-electron chi connectivity index (χ1n) is 10.8. The zero-order chi connectivity index (χ0) is 26.5. The van der Waals surface area contributed by atoms with Gasteiger partial charge in [-0.1, -0.05) is 20.8 Å². The fraction of sp³-hybridized carbons (Fsp3) is 0.318. The minimum absolute atomic E-state index is 0.0852. The molecule has 0 fully saturated rings. The van der Waals surface area contributed by atoms with Gasteiger partial charge in [0.2, 0.25) is 10.0 Å². The molecule has 0 saturated heterocycles. The van der Waals surface area contributed by atoms with Gasteiger partial charge in [-0.05, 0) is 41.5 Å². The zero-order valence-electron chi connectivity index (χ0n) is 20.0. The van der Waals surface area contributed by atoms with Gasteiger partial charge in [0.15, 0.2) is 11.6 Å². The van der Waals surface area contributed by atoms with E-state index in [-0.39, 0.29) is 45.7 Å². The van der Waals surface area contributed by atoms with E-state index < -0.39 is 28.9 Å². The molecular formula is C22H26N5O6PS2. The first-order chi connectivity index (χ1) is 16.6. The van der Waals surface area contributed by atoms with Crippen LogP contribution in [0.5, 0.6) is 5.75 Å². The molecule has 1 aliphatic rings. The smallest absolute Gasteiger partial charge is 0.346 e. The normalized spacial score (nSPS) is 17.8. The maximum atomic E-state index is 13.4. The van der Waals surface area contributed by atoms with Crippen LogP contribution in [-0.2, 0) is 21.1 Å². The molecule has 2 aromatic heterocycles. The molecular weight excluding hydrogens is 525 g/mol. The lowest BCUT2D eigenvalue weighted by molar-refractivity contribution is 0.335. The molecule has 3 aromatic rings. The fourth-order valence-electron chi connectivity index (χ4n) is 3.57. The maximum absolute atomic E-state index is 13.4. The second-order valence-electron chi connectivity index (χ2n) is 9.65. The number of sulfonamides is 1. The van der Waals surface area contributed by atoms with Crippen LogP contribution < -0.4 is 20.9 Å². The van der Waals surface area contributed by atoms with Crippen LogP contribution in [0.15, 0.2) is 44.6 Å². The standard InChI is InChI=1S/C22H26N5O6PS2/c1-22(2,3)8-9-27-21(29)17(19(28)18(24-27)13-7-10-35-12-13)20-23-15-6-5-14(26-36(4,32)33)11-16(15)34(30,31)25-20/h5-7,10-12,26,28H,8-9H2,1-4H3,(H2,23,25,30,31). The fourth-order valence-corrected chi connectivity index (χ4v) is 6.05. The van der Waals surface area contributed by atoms with E-state index in [1.807, 2.05) is 20.8 Å². The van der Waals surface area contributed by atoms with Crippen molar-refractivity contribution in [3.05, 3.63) is 50.9 Å². The summed E-state index contributed by atoms with van der Waals surface area (Å²) < 4.78 is 43.7. The van der Waals surface area contributed by atoms with Crippen molar-refractivity contribution in [1.82, 2.24) is 9.78 Å². The van der Waals surface area contributed by atoms with E-state index in [9.17, 15) is 27.8 Å². The van der Waals surface area contributed by atoms with Crippen molar-refractivity contribution in [1.29, 1.82) is 0 Å². The van der Waals surface area contributed by atoms with Gasteiger partial charge in [-0.15, -0.1) is 0 Å². The van der Waals surface area contributed by atoms with Crippen LogP contribution in [-0.4, -0.2) is 40.3 Å². The molecule has 11 nitrogen and oxygen atoms in total. The summed E-state index contributed by atoms with van der Waals surface area (Å²) in [5, 5.41) is 21.8. The van der Waals surface area contributed by atoms with Crippen LogP contribution in [0.4, 0.5) is 11.4 Å². The van der Waals surface area contributed by atoms with Crippen molar-refractivity contribution in [2.75, 3.05) is 16.3 Å². The molecule has 4 N–H and O–H groups in total. The molecule has 1 aromatic carbocycles. The van der Waals surface area contributed by atoms with Crippen LogP contribution in [0.2, 0.25) is 0 Å². The molecule has 0 saturated carbocycles. The van der Waals surface area contributed by atoms with Crippen LogP contribution in [0.25, 0.3) is 11.3 Å². The molecule has 36 heavy (non-hydrogen) atoms. The van der Waals surface area contributed by atoms with Crippen LogP contribution >= 0.6 is 18.9 Å². The Bertz CT molecular complexity index is 1570. The van der Waals surface area contributed by atoms with Crippen molar-refractivity contribution < 1.29 is 23.0 Å². The van der Waals surface area contributed by atoms with Gasteiger partial charge in [-0.3, -0.25) is 14.1 Å². The molecule has 0 aliphatic carbocycles. The van der Waals surface area contributed by atoms with Crippen molar-refractivity contribution in [2.45, 2.75) is 33.7 Å². The van der Waals surface area contributed by atoms with E-state index in [4.69, 9.17) is 0 Å². The summed E-state index contributed by atoms with van der Waals surface area (Å²) in [7, 11) is -8.06. The number of nitrogens with zero attached hydrogens (tertiary/aromatic N) is 3. The lowest BCUT2D eigenvalue weighted by Gasteiger charge is -2.24. The van der Waals surface area contributed by atoms with Gasteiger partial charge in [0.25, 0.3) is 5.56 Å². The highest BCUT2D eigenvalue weighted by Crippen LogP contribution is 2.47. The number of thiophene rings is 1. The molecule has 4 rings (SSSR count). The van der Waals surface area contributed by atoms with Crippen LogP contribution in [0, 0.1) is 5.41 Å². The highest BCUT2D eigenvalue weighted by atomic mass is 32.2. The lowest BCUT2D eigenvalue weighted by Crippen LogP contribution is -2.35. The van der Waals surface area contributed by atoms with Crippen molar-refractivity contribution in [3.8, 4) is 17.0 Å². The summed E-state index contributed by atoms with van der Waals surface area (Å²) >= 11 is 1.39. The van der Waals surface area contributed by atoms with E-state index in [0.29, 0.717) is 12.0 Å². The summed E-state index contributed by atoms with van der Waals surface area (Å²) in [5.74, 6) is -0.737. The molecule has 1 atom stereocenters. The van der Waals surface area contributed by atoms with Crippen molar-refractivity contribution in [3.63, 3.8) is 0 Å². The second-order valence-corrected chi connectivity index (χ2v) is 13.9. The molecule has 1 unspecified atom stereocenters. The number of nitrogens with one attached hydrogen (secondary N) is 2. The summed E-state index contributed by atoms with van der Waals surface area (Å²) in [6.45, 7) is 6.33. The SMILES string of the molecule is CC(C)(C)CCn1nc(-c2ccsc2)c(O)c(C2=NP(=O)(O)c3cc(NS(C)(=O)=O)ccc3N2)c1=O. The number of aryl methyl sites for hydroxylation is 1. The molecule has 0 radical (unpaired) electrons. The number of fused-ring (bicyclic) bond motifs is 1. The molecule has 3 heterocycles. The van der Waals surface area contributed by atoms with Crippen LogP contribution in [0.3, 0.4) is 0 Å². The molecule has 1 aliphatic heterocycles. The molecule has 0 spiro atoms. The van der Waals surface area contributed by atoms with Crippen LogP contribution in [0.1, 0.15) is 32.8 Å². The van der Waals surface area contributed by atoms with E-state index in [2.05, 4.69) is 19.9 Å². The zero-order valence-corrected chi connectivity index (χ0v) is 22.5. The Hall–Kier alpha value is -2.99. The predicted octanol–water partition coefficient (Wildman–Crippen LogP) is 3.17. The second kappa shape index (κ2) is 9.15. The Morgan fingerprint density at radius 1 is 1.25 bits per heavy atom. The molecule has 14 heteroatoms. The summed E-state index contributed by atoms with van der Waals surface area (Å²) in [4.78, 5) is 24.2. The topological polar surface area (TPSA) is 163 Å². The maximum Gasteiger partial charge on any atom is 0.346 e. The number of hydrogen-bond acceptors (Lipinski definition) is 8. The van der Waals surface area contributed by atoms with Gasteiger partial charge in [0.05, 0.1) is 17.2 Å². The largest absolute Gasteiger partial charge is 0.505 e. The minimum atomic E-state index is -4.45. The Kier molecular flexibility index (Phi) is 6.63. The number of rotatable bonds is 6. The number of aromatic nitrogens is 2. The molecule has 0 bridgehead atoms. The summed E-state index contributed by atoms with van der Waals surface area (Å²) in [5.41, 5.74) is -0.0703. The third-order valence-electron chi connectivity index (χ3n) is 5.34. The third-order valence-corrected chi connectivity index (χ3v) is 8.10. The Morgan fingerprint density at radius 3 is 2.58 bits per heavy atom. The average molecular weight is 552 g/mol. The van der Waals surface area contributed by atoms with Gasteiger partial charge in [-0.25, -0.2) is 13.1 Å². The quantitative estimate of drug-likeness (QED) is 0.340. The number of amidine groups is 1. The monoisotopic (exact) mass is 551 g/mol. The highest BCUT2D eigenvalue weighted by molar-refractivity contribution is 7.92. The highest BCUT2D eigenvalue weighted by Gasteiger charge is 2.34. The van der Waals surface area contributed by atoms with Gasteiger partial charge in [0.1, 0.15) is 11.3 Å². The number of benzene rings is 1. The van der Waals surface area contributed by atoms with E-state index in [0.717, 1.165) is 6.26 Å². The molecule has 0 amide bonds. The van der Waals surface area contributed by atoms with Crippen molar-refractivity contribution >= 4 is 51.4 Å². The minimum Gasteiger partial charge on any atom is -0.505 e. The van der Waals surface area contributed by atoms with Gasteiger partial charge in [-0.2, -0.15) is 21.2 Å². The number of hydrogen-bond donors (Lipinski definition) is 4. The Morgan fingerprint density at radius 2 is 1.97 bits per heavy atom. The van der Waals surface area contributed by atoms with E-state index >= 15 is 0 Å². The summed E-state index contributed by atoms with van der Waals surface area (Å²) in [6.07, 6.45) is 1.58. The number of aromatic hydroxyl groups is 1. The van der Waals surface area contributed by atoms with Gasteiger partial charge in [0, 0.05) is 23.2 Å². The first-order valence-corrected chi connectivity index (χ1v) is 15.3. The van der Waals surface area contributed by atoms with Crippen molar-refractivity contribution in [2.24, 2.45) is 10.2 Å².